The third kappa shape index (κ3) is 2.64. The number of benzene rings is 3. The minimum absolute atomic E-state index is 0.00440. The zero-order valence-electron chi connectivity index (χ0n) is 15.1. The summed E-state index contributed by atoms with van der Waals surface area (Å²) in [5, 5.41) is 9.92. The molecule has 1 aliphatic carbocycles. The number of hydrogen-bond acceptors (Lipinski definition) is 6. The van der Waals surface area contributed by atoms with Crippen LogP contribution in [0.5, 0.6) is 11.5 Å². The zero-order chi connectivity index (χ0) is 19.8. The molecule has 1 N–H and O–H groups in total. The lowest BCUT2D eigenvalue weighted by Gasteiger charge is -2.16. The number of nitrogens with zero attached hydrogens (tertiary/aromatic N) is 1. The van der Waals surface area contributed by atoms with Gasteiger partial charge in [0.05, 0.1) is 19.8 Å². The molecule has 0 spiro atoms. The van der Waals surface area contributed by atoms with E-state index in [0.717, 1.165) is 0 Å². The maximum absolute atomic E-state index is 13.2. The molecule has 0 aromatic heterocycles. The van der Waals surface area contributed by atoms with Gasteiger partial charge in [-0.1, -0.05) is 24.3 Å². The van der Waals surface area contributed by atoms with E-state index < -0.39 is 11.4 Å². The summed E-state index contributed by atoms with van der Waals surface area (Å²) in [5.74, 6) is -0.907. The van der Waals surface area contributed by atoms with E-state index in [0.29, 0.717) is 22.4 Å². The Kier molecular flexibility index (Phi) is 4.19. The summed E-state index contributed by atoms with van der Waals surface area (Å²) in [6.45, 7) is 0. The van der Waals surface area contributed by atoms with Crippen molar-refractivity contribution in [3.05, 3.63) is 64.3 Å². The monoisotopic (exact) mass is 377 g/mol. The van der Waals surface area contributed by atoms with E-state index in [9.17, 15) is 14.7 Å². The summed E-state index contributed by atoms with van der Waals surface area (Å²) in [4.78, 5) is 29.8. The quantitative estimate of drug-likeness (QED) is 0.542. The highest BCUT2D eigenvalue weighted by Crippen LogP contribution is 2.38. The number of methoxy groups -OCH3 is 2. The predicted molar refractivity (Wildman–Crippen MR) is 102 cm³/mol. The first kappa shape index (κ1) is 17.5. The molecule has 1 aliphatic heterocycles. The van der Waals surface area contributed by atoms with Crippen LogP contribution >= 0.6 is 0 Å². The number of hydrogen-bond donors (Lipinski definition) is 1. The van der Waals surface area contributed by atoms with E-state index in [2.05, 4.69) is 4.98 Å². The Balaban J connectivity index is 2.20. The summed E-state index contributed by atoms with van der Waals surface area (Å²) in [5.41, 5.74) is 0.434. The Hall–Kier alpha value is -3.87. The maximum atomic E-state index is 13.2. The molecule has 0 fully saturated rings. The van der Waals surface area contributed by atoms with Crippen molar-refractivity contribution in [3.8, 4) is 34.1 Å². The largest absolute Gasteiger partial charge is 0.497 e. The van der Waals surface area contributed by atoms with Gasteiger partial charge in [0.1, 0.15) is 22.5 Å². The molecule has 0 bridgehead atoms. The molecule has 140 valence electrons. The minimum Gasteiger partial charge on any atom is -0.497 e. The van der Waals surface area contributed by atoms with E-state index in [1.165, 1.54) is 14.2 Å². The van der Waals surface area contributed by atoms with Crippen molar-refractivity contribution in [2.45, 2.75) is 0 Å². The molecule has 7 heteroatoms. The van der Waals surface area contributed by atoms with E-state index in [1.807, 2.05) is 0 Å². The highest BCUT2D eigenvalue weighted by molar-refractivity contribution is 6.04. The molecular weight excluding hydrogens is 362 g/mol. The van der Waals surface area contributed by atoms with Gasteiger partial charge in [0.2, 0.25) is 11.2 Å². The van der Waals surface area contributed by atoms with Gasteiger partial charge in [0.25, 0.3) is 0 Å². The Bertz CT molecular complexity index is 1240. The second-order valence-corrected chi connectivity index (χ2v) is 6.01. The second kappa shape index (κ2) is 6.70. The van der Waals surface area contributed by atoms with Gasteiger partial charge in [0.15, 0.2) is 11.3 Å². The number of carboxylic acids is 1. The van der Waals surface area contributed by atoms with Crippen LogP contribution in [0.3, 0.4) is 0 Å². The molecule has 0 saturated heterocycles. The number of carbonyl (C=O) groups is 1. The van der Waals surface area contributed by atoms with Crippen molar-refractivity contribution < 1.29 is 23.8 Å². The fraction of sp³-hybridized carbons (Fsp3) is 0.0952. The van der Waals surface area contributed by atoms with Crippen molar-refractivity contribution in [2.24, 2.45) is 0 Å². The SMILES string of the molecule is COc1cccc(-c2c(C(=O)O)c3nc4ccccc4oc-3c(OC)c2=O)c1. The van der Waals surface area contributed by atoms with E-state index in [4.69, 9.17) is 13.9 Å². The molecular formula is C21H15NO6. The molecule has 1 heterocycles. The summed E-state index contributed by atoms with van der Waals surface area (Å²) in [7, 11) is 2.82. The van der Waals surface area contributed by atoms with Gasteiger partial charge in [0, 0.05) is 0 Å². The lowest BCUT2D eigenvalue weighted by atomic mass is 9.94. The molecule has 7 nitrogen and oxygen atoms in total. The number of aromatic carboxylic acids is 1. The van der Waals surface area contributed by atoms with Gasteiger partial charge >= 0.3 is 5.97 Å². The fourth-order valence-corrected chi connectivity index (χ4v) is 3.18. The van der Waals surface area contributed by atoms with Gasteiger partial charge in [-0.3, -0.25) is 4.79 Å². The van der Waals surface area contributed by atoms with Crippen molar-refractivity contribution >= 4 is 17.1 Å². The van der Waals surface area contributed by atoms with Crippen LogP contribution in [0.25, 0.3) is 33.7 Å². The predicted octanol–water partition coefficient (Wildman–Crippen LogP) is 3.68. The van der Waals surface area contributed by atoms with Gasteiger partial charge in [-0.15, -0.1) is 0 Å². The molecule has 0 radical (unpaired) electrons. The molecule has 2 aromatic rings. The van der Waals surface area contributed by atoms with Crippen LogP contribution in [0.4, 0.5) is 0 Å². The van der Waals surface area contributed by atoms with Crippen molar-refractivity contribution in [3.63, 3.8) is 0 Å². The van der Waals surface area contributed by atoms with Crippen molar-refractivity contribution in [1.29, 1.82) is 0 Å². The lowest BCUT2D eigenvalue weighted by Crippen LogP contribution is -2.18. The highest BCUT2D eigenvalue weighted by atomic mass is 16.5. The fourth-order valence-electron chi connectivity index (χ4n) is 3.18. The molecule has 4 rings (SSSR count). The number of fused-ring (bicyclic) bond motifs is 2. The van der Waals surface area contributed by atoms with Crippen LogP contribution in [0.2, 0.25) is 0 Å². The lowest BCUT2D eigenvalue weighted by molar-refractivity contribution is 0.0698. The van der Waals surface area contributed by atoms with Crippen molar-refractivity contribution in [1.82, 2.24) is 4.98 Å². The third-order valence-electron chi connectivity index (χ3n) is 4.43. The average molecular weight is 377 g/mol. The minimum atomic E-state index is -1.29. The molecule has 0 atom stereocenters. The molecule has 0 amide bonds. The normalized spacial score (nSPS) is 10.9. The van der Waals surface area contributed by atoms with Gasteiger partial charge in [-0.2, -0.15) is 0 Å². The molecule has 28 heavy (non-hydrogen) atoms. The van der Waals surface area contributed by atoms with Gasteiger partial charge in [-0.05, 0) is 29.8 Å². The van der Waals surface area contributed by atoms with Crippen molar-refractivity contribution in [2.75, 3.05) is 14.2 Å². The summed E-state index contributed by atoms with van der Waals surface area (Å²) >= 11 is 0. The topological polar surface area (TPSA) is 98.9 Å². The Labute approximate surface area is 159 Å². The first-order chi connectivity index (χ1) is 13.5. The van der Waals surface area contributed by atoms with Crippen LogP contribution in [0.1, 0.15) is 10.4 Å². The van der Waals surface area contributed by atoms with E-state index in [1.54, 1.807) is 48.5 Å². The second-order valence-electron chi connectivity index (χ2n) is 6.01. The molecule has 0 unspecified atom stereocenters. The number of rotatable bonds is 4. The highest BCUT2D eigenvalue weighted by Gasteiger charge is 2.31. The summed E-state index contributed by atoms with van der Waals surface area (Å²) < 4.78 is 16.3. The van der Waals surface area contributed by atoms with Crippen LogP contribution in [-0.4, -0.2) is 30.3 Å². The standard InChI is InChI=1S/C21H15NO6/c1-26-12-7-5-6-11(10-12)15-16(21(24)25)17-19(20(27-2)18(15)23)28-14-9-4-3-8-13(14)22-17/h3-10H,1-2H3,(H,24,25). The summed E-state index contributed by atoms with van der Waals surface area (Å²) in [6, 6.07) is 13.5. The smallest absolute Gasteiger partial charge is 0.338 e. The Morgan fingerprint density at radius 2 is 1.86 bits per heavy atom. The summed E-state index contributed by atoms with van der Waals surface area (Å²) in [6.07, 6.45) is 0. The van der Waals surface area contributed by atoms with Crippen LogP contribution < -0.4 is 14.9 Å². The van der Waals surface area contributed by atoms with Crippen LogP contribution in [0.15, 0.2) is 57.7 Å². The molecule has 2 aromatic carbocycles. The van der Waals surface area contributed by atoms with E-state index >= 15 is 0 Å². The first-order valence-electron chi connectivity index (χ1n) is 8.36. The van der Waals surface area contributed by atoms with Gasteiger partial charge < -0.3 is 19.0 Å². The third-order valence-corrected chi connectivity index (χ3v) is 4.43. The number of ether oxygens (including phenoxy) is 2. The zero-order valence-corrected chi connectivity index (χ0v) is 15.1. The maximum Gasteiger partial charge on any atom is 0.338 e. The first-order valence-corrected chi connectivity index (χ1v) is 8.36. The van der Waals surface area contributed by atoms with Crippen LogP contribution in [0, 0.1) is 0 Å². The van der Waals surface area contributed by atoms with Gasteiger partial charge in [-0.25, -0.2) is 9.78 Å². The average Bonchev–Trinajstić information content (AvgIpc) is 2.71. The Morgan fingerprint density at radius 1 is 1.07 bits per heavy atom. The number of carboxylic acid groups (broad SMARTS) is 1. The van der Waals surface area contributed by atoms with Crippen LogP contribution in [-0.2, 0) is 0 Å². The Morgan fingerprint density at radius 3 is 2.57 bits per heavy atom. The molecule has 0 saturated carbocycles. The molecule has 2 aliphatic rings. The van der Waals surface area contributed by atoms with E-state index in [-0.39, 0.29) is 28.3 Å². The number of para-hydroxylation sites is 2. The number of aromatic nitrogens is 1.